The van der Waals surface area contributed by atoms with Crippen LogP contribution >= 0.6 is 0 Å². The van der Waals surface area contributed by atoms with E-state index in [1.165, 1.54) is 19.3 Å². The molecule has 3 rings (SSSR count). The summed E-state index contributed by atoms with van der Waals surface area (Å²) < 4.78 is 7.43. The molecule has 7 heteroatoms. The van der Waals surface area contributed by atoms with E-state index in [0.29, 0.717) is 13.2 Å². The molecule has 3 heterocycles. The molecule has 0 saturated carbocycles. The smallest absolute Gasteiger partial charge is 0.409 e. The highest BCUT2D eigenvalue weighted by atomic mass is 16.6. The summed E-state index contributed by atoms with van der Waals surface area (Å²) in [6.07, 6.45) is 6.60. The van der Waals surface area contributed by atoms with Crippen LogP contribution in [0.3, 0.4) is 0 Å². The van der Waals surface area contributed by atoms with Crippen LogP contribution in [0.2, 0.25) is 0 Å². The number of likely N-dealkylation sites (tertiary alicyclic amines) is 2. The second-order valence-electron chi connectivity index (χ2n) is 7.27. The van der Waals surface area contributed by atoms with E-state index < -0.39 is 0 Å². The summed E-state index contributed by atoms with van der Waals surface area (Å²) in [7, 11) is 2.06. The van der Waals surface area contributed by atoms with E-state index in [-0.39, 0.29) is 12.0 Å². The van der Waals surface area contributed by atoms with E-state index in [2.05, 4.69) is 26.7 Å². The zero-order chi connectivity index (χ0) is 17.6. The number of carbonyl (C=O) groups is 1. The van der Waals surface area contributed by atoms with Crippen molar-refractivity contribution in [2.24, 2.45) is 7.05 Å². The quantitative estimate of drug-likeness (QED) is 0.817. The number of piperidine rings is 2. The number of hydrogen-bond acceptors (Lipinski definition) is 5. The number of hydrogen-bond donors (Lipinski definition) is 0. The predicted molar refractivity (Wildman–Crippen MR) is 95.3 cm³/mol. The van der Waals surface area contributed by atoms with Crippen molar-refractivity contribution < 1.29 is 9.53 Å². The van der Waals surface area contributed by atoms with Gasteiger partial charge in [0.2, 0.25) is 0 Å². The summed E-state index contributed by atoms with van der Waals surface area (Å²) in [5.41, 5.74) is 0. The normalized spacial score (nSPS) is 22.2. The van der Waals surface area contributed by atoms with Gasteiger partial charge in [0.15, 0.2) is 0 Å². The van der Waals surface area contributed by atoms with Crippen LogP contribution in [0.4, 0.5) is 4.79 Å². The molecule has 1 atom stereocenters. The average molecular weight is 349 g/mol. The van der Waals surface area contributed by atoms with Crippen LogP contribution in [0.5, 0.6) is 0 Å². The minimum Gasteiger partial charge on any atom is -0.449 e. The predicted octanol–water partition coefficient (Wildman–Crippen LogP) is 2.53. The van der Waals surface area contributed by atoms with E-state index in [9.17, 15) is 4.79 Å². The van der Waals surface area contributed by atoms with E-state index in [1.807, 2.05) is 11.8 Å². The monoisotopic (exact) mass is 349 g/mol. The number of rotatable bonds is 5. The Kier molecular flexibility index (Phi) is 6.29. The molecule has 0 aromatic carbocycles. The number of aromatic nitrogens is 3. The van der Waals surface area contributed by atoms with Crippen LogP contribution in [0, 0.1) is 0 Å². The number of nitrogens with zero attached hydrogens (tertiary/aromatic N) is 5. The van der Waals surface area contributed by atoms with Crippen LogP contribution in [0.1, 0.15) is 63.0 Å². The Morgan fingerprint density at radius 3 is 2.72 bits per heavy atom. The third-order valence-corrected chi connectivity index (χ3v) is 5.29. The summed E-state index contributed by atoms with van der Waals surface area (Å²) in [5, 5.41) is 8.91. The molecule has 140 valence electrons. The maximum Gasteiger partial charge on any atom is 0.409 e. The van der Waals surface area contributed by atoms with Crippen molar-refractivity contribution in [3.05, 3.63) is 11.6 Å². The van der Waals surface area contributed by atoms with Crippen LogP contribution < -0.4 is 0 Å². The van der Waals surface area contributed by atoms with Gasteiger partial charge in [0.1, 0.15) is 11.6 Å². The standard InChI is InChI=1S/C18H31N5O2/c1-3-12-25-18(24)23-11-7-8-15(13-23)17-20-19-16(21(17)2)14-22-9-5-4-6-10-22/h15H,3-14H2,1-2H3/t15-/m1/s1. The fraction of sp³-hybridized carbons (Fsp3) is 0.833. The van der Waals surface area contributed by atoms with Crippen molar-refractivity contribution in [2.75, 3.05) is 32.8 Å². The highest BCUT2D eigenvalue weighted by Gasteiger charge is 2.29. The lowest BCUT2D eigenvalue weighted by molar-refractivity contribution is 0.0907. The molecule has 1 aromatic rings. The Labute approximate surface area is 150 Å². The lowest BCUT2D eigenvalue weighted by Crippen LogP contribution is -2.40. The Bertz CT molecular complexity index is 568. The molecule has 0 aliphatic carbocycles. The van der Waals surface area contributed by atoms with Crippen LogP contribution in [0.25, 0.3) is 0 Å². The number of amides is 1. The van der Waals surface area contributed by atoms with E-state index in [1.54, 1.807) is 0 Å². The molecule has 1 amide bonds. The molecule has 0 radical (unpaired) electrons. The largest absolute Gasteiger partial charge is 0.449 e. The molecular weight excluding hydrogens is 318 g/mol. The third kappa shape index (κ3) is 4.51. The topological polar surface area (TPSA) is 63.5 Å². The first-order valence-electron chi connectivity index (χ1n) is 9.71. The van der Waals surface area contributed by atoms with Gasteiger partial charge in [-0.1, -0.05) is 13.3 Å². The maximum absolute atomic E-state index is 12.1. The van der Waals surface area contributed by atoms with E-state index in [0.717, 1.165) is 57.1 Å². The molecule has 2 fully saturated rings. The van der Waals surface area contributed by atoms with Crippen LogP contribution in [-0.4, -0.2) is 63.4 Å². The molecule has 2 aliphatic heterocycles. The molecular formula is C18H31N5O2. The van der Waals surface area contributed by atoms with Gasteiger partial charge < -0.3 is 14.2 Å². The average Bonchev–Trinajstić information content (AvgIpc) is 3.01. The number of ether oxygens (including phenoxy) is 1. The molecule has 2 saturated heterocycles. The first-order valence-corrected chi connectivity index (χ1v) is 9.71. The van der Waals surface area contributed by atoms with Crippen molar-refractivity contribution in [3.8, 4) is 0 Å². The Morgan fingerprint density at radius 1 is 1.16 bits per heavy atom. The van der Waals surface area contributed by atoms with Crippen molar-refractivity contribution in [2.45, 2.75) is 57.9 Å². The Hall–Kier alpha value is -1.63. The fourth-order valence-corrected chi connectivity index (χ4v) is 3.82. The van der Waals surface area contributed by atoms with Gasteiger partial charge >= 0.3 is 6.09 Å². The van der Waals surface area contributed by atoms with Gasteiger partial charge in [-0.3, -0.25) is 4.90 Å². The number of carbonyl (C=O) groups excluding carboxylic acids is 1. The summed E-state index contributed by atoms with van der Waals surface area (Å²) in [6, 6.07) is 0. The van der Waals surface area contributed by atoms with Crippen LogP contribution in [0.15, 0.2) is 0 Å². The van der Waals surface area contributed by atoms with Crippen molar-refractivity contribution in [3.63, 3.8) is 0 Å². The second kappa shape index (κ2) is 8.65. The van der Waals surface area contributed by atoms with Gasteiger partial charge in [-0.05, 0) is 45.2 Å². The molecule has 25 heavy (non-hydrogen) atoms. The lowest BCUT2D eigenvalue weighted by atomic mass is 9.97. The van der Waals surface area contributed by atoms with Gasteiger partial charge in [0.25, 0.3) is 0 Å². The summed E-state index contributed by atoms with van der Waals surface area (Å²) in [6.45, 7) is 7.14. The first kappa shape index (κ1) is 18.2. The Balaban J connectivity index is 1.62. The van der Waals surface area contributed by atoms with Gasteiger partial charge in [-0.2, -0.15) is 0 Å². The summed E-state index contributed by atoms with van der Waals surface area (Å²) >= 11 is 0. The second-order valence-corrected chi connectivity index (χ2v) is 7.27. The molecule has 1 aromatic heterocycles. The van der Waals surface area contributed by atoms with Gasteiger partial charge in [0.05, 0.1) is 13.2 Å². The van der Waals surface area contributed by atoms with Crippen LogP contribution in [-0.2, 0) is 18.3 Å². The van der Waals surface area contributed by atoms with Crippen molar-refractivity contribution in [1.82, 2.24) is 24.6 Å². The van der Waals surface area contributed by atoms with E-state index >= 15 is 0 Å². The van der Waals surface area contributed by atoms with Gasteiger partial charge in [-0.15, -0.1) is 10.2 Å². The molecule has 0 N–H and O–H groups in total. The van der Waals surface area contributed by atoms with Crippen molar-refractivity contribution >= 4 is 6.09 Å². The zero-order valence-corrected chi connectivity index (χ0v) is 15.6. The lowest BCUT2D eigenvalue weighted by Gasteiger charge is -2.31. The third-order valence-electron chi connectivity index (χ3n) is 5.29. The van der Waals surface area contributed by atoms with Gasteiger partial charge in [-0.25, -0.2) is 4.79 Å². The minimum atomic E-state index is -0.192. The van der Waals surface area contributed by atoms with Crippen molar-refractivity contribution in [1.29, 1.82) is 0 Å². The summed E-state index contributed by atoms with van der Waals surface area (Å²) in [4.78, 5) is 16.4. The molecule has 2 aliphatic rings. The maximum atomic E-state index is 12.1. The highest BCUT2D eigenvalue weighted by Crippen LogP contribution is 2.26. The highest BCUT2D eigenvalue weighted by molar-refractivity contribution is 5.67. The molecule has 7 nitrogen and oxygen atoms in total. The van der Waals surface area contributed by atoms with E-state index in [4.69, 9.17) is 4.74 Å². The van der Waals surface area contributed by atoms with Gasteiger partial charge in [0, 0.05) is 26.1 Å². The fourth-order valence-electron chi connectivity index (χ4n) is 3.82. The zero-order valence-electron chi connectivity index (χ0n) is 15.6. The molecule has 0 spiro atoms. The molecule has 0 unspecified atom stereocenters. The minimum absolute atomic E-state index is 0.192. The first-order chi connectivity index (χ1) is 12.2. The SMILES string of the molecule is CCCOC(=O)N1CCC[C@@H](c2nnc(CN3CCCCC3)n2C)C1. The molecule has 0 bridgehead atoms. The Morgan fingerprint density at radius 2 is 1.96 bits per heavy atom. The summed E-state index contributed by atoms with van der Waals surface area (Å²) in [5.74, 6) is 2.28.